The molecule has 1 fully saturated rings. The van der Waals surface area contributed by atoms with E-state index in [1.54, 1.807) is 41.3 Å². The van der Waals surface area contributed by atoms with E-state index in [1.807, 2.05) is 6.92 Å². The van der Waals surface area contributed by atoms with Crippen LogP contribution < -0.4 is 18.9 Å². The van der Waals surface area contributed by atoms with Gasteiger partial charge in [0.25, 0.3) is 11.7 Å². The monoisotopic (exact) mass is 524 g/mol. The van der Waals surface area contributed by atoms with Crippen LogP contribution in [0.25, 0.3) is 5.76 Å². The maximum Gasteiger partial charge on any atom is 0.295 e. The lowest BCUT2D eigenvalue weighted by atomic mass is 9.94. The number of ketones is 1. The zero-order valence-electron chi connectivity index (χ0n) is 22.5. The van der Waals surface area contributed by atoms with Gasteiger partial charge in [0.2, 0.25) is 0 Å². The smallest absolute Gasteiger partial charge is 0.295 e. The van der Waals surface area contributed by atoms with Crippen LogP contribution in [0.3, 0.4) is 0 Å². The highest BCUT2D eigenvalue weighted by atomic mass is 16.6. The molecule has 1 saturated heterocycles. The molecule has 0 spiro atoms. The topological polar surface area (TPSA) is 97.8 Å². The average molecular weight is 525 g/mol. The Bertz CT molecular complexity index is 1210. The lowest BCUT2D eigenvalue weighted by molar-refractivity contribution is -0.140. The zero-order valence-corrected chi connectivity index (χ0v) is 22.5. The number of benzene rings is 2. The van der Waals surface area contributed by atoms with Crippen molar-refractivity contribution in [1.29, 1.82) is 0 Å². The molecule has 1 N–H and O–H groups in total. The molecule has 1 atom stereocenters. The van der Waals surface area contributed by atoms with E-state index in [0.29, 0.717) is 66.9 Å². The van der Waals surface area contributed by atoms with Crippen LogP contribution >= 0.6 is 0 Å². The number of carbonyl (C=O) groups is 2. The summed E-state index contributed by atoms with van der Waals surface area (Å²) < 4.78 is 22.5. The van der Waals surface area contributed by atoms with Gasteiger partial charge in [0.1, 0.15) is 19.0 Å². The summed E-state index contributed by atoms with van der Waals surface area (Å²) in [6.07, 6.45) is 0.684. The van der Waals surface area contributed by atoms with Crippen LogP contribution in [0, 0.1) is 0 Å². The Morgan fingerprint density at radius 2 is 1.76 bits per heavy atom. The van der Waals surface area contributed by atoms with Crippen molar-refractivity contribution in [2.75, 3.05) is 53.1 Å². The zero-order chi connectivity index (χ0) is 27.2. The standard InChI is InChI=1S/C29H36N2O7/c1-5-30(6-2)13-8-14-31-26(19-9-11-21(36-7-3)23(17-19)35-4)25(28(33)29(31)34)27(32)20-10-12-22-24(18-20)38-16-15-37-22/h9-12,17-18,26,32H,5-8,13-16H2,1-4H3/b27-25+/t26-/m1/s1. The maximum absolute atomic E-state index is 13.4. The van der Waals surface area contributed by atoms with Crippen molar-refractivity contribution in [3.63, 3.8) is 0 Å². The minimum Gasteiger partial charge on any atom is -0.507 e. The first-order valence-electron chi connectivity index (χ1n) is 13.1. The number of hydrogen-bond donors (Lipinski definition) is 1. The van der Waals surface area contributed by atoms with E-state index in [-0.39, 0.29) is 11.3 Å². The normalized spacial score (nSPS) is 18.2. The summed E-state index contributed by atoms with van der Waals surface area (Å²) in [5.74, 6) is 0.468. The molecule has 0 aromatic heterocycles. The number of ether oxygens (including phenoxy) is 4. The predicted molar refractivity (Wildman–Crippen MR) is 143 cm³/mol. The van der Waals surface area contributed by atoms with Crippen LogP contribution in [-0.4, -0.2) is 79.7 Å². The van der Waals surface area contributed by atoms with Gasteiger partial charge in [-0.25, -0.2) is 0 Å². The van der Waals surface area contributed by atoms with Crippen LogP contribution in [0.5, 0.6) is 23.0 Å². The van der Waals surface area contributed by atoms with Crippen LogP contribution in [0.4, 0.5) is 0 Å². The third-order valence-electron chi connectivity index (χ3n) is 6.93. The summed E-state index contributed by atoms with van der Waals surface area (Å²) in [6, 6.07) is 9.52. The van der Waals surface area contributed by atoms with E-state index in [0.717, 1.165) is 19.6 Å². The van der Waals surface area contributed by atoms with Crippen LogP contribution in [0.2, 0.25) is 0 Å². The van der Waals surface area contributed by atoms with E-state index >= 15 is 0 Å². The number of rotatable bonds is 11. The summed E-state index contributed by atoms with van der Waals surface area (Å²) in [5.41, 5.74) is 1.05. The third kappa shape index (κ3) is 5.43. The van der Waals surface area contributed by atoms with Crippen molar-refractivity contribution in [2.45, 2.75) is 33.2 Å². The molecule has 2 aromatic rings. The second-order valence-electron chi connectivity index (χ2n) is 9.07. The lowest BCUT2D eigenvalue weighted by Crippen LogP contribution is -2.33. The first kappa shape index (κ1) is 27.3. The Labute approximate surface area is 223 Å². The molecule has 0 aliphatic carbocycles. The van der Waals surface area contributed by atoms with Crippen LogP contribution in [-0.2, 0) is 9.59 Å². The van der Waals surface area contributed by atoms with E-state index in [1.165, 1.54) is 7.11 Å². The Balaban J connectivity index is 1.78. The van der Waals surface area contributed by atoms with Gasteiger partial charge < -0.3 is 33.9 Å². The first-order valence-corrected chi connectivity index (χ1v) is 13.1. The number of amides is 1. The Morgan fingerprint density at radius 3 is 2.45 bits per heavy atom. The summed E-state index contributed by atoms with van der Waals surface area (Å²) in [4.78, 5) is 30.5. The first-order chi connectivity index (χ1) is 18.4. The van der Waals surface area contributed by atoms with E-state index < -0.39 is 17.7 Å². The van der Waals surface area contributed by atoms with Gasteiger partial charge in [-0.05, 0) is 68.9 Å². The molecule has 4 rings (SSSR count). The molecular weight excluding hydrogens is 488 g/mol. The number of hydrogen-bond acceptors (Lipinski definition) is 8. The Morgan fingerprint density at radius 1 is 1.03 bits per heavy atom. The fourth-order valence-electron chi connectivity index (χ4n) is 4.94. The SMILES string of the molecule is CCOc1ccc([C@@H]2/C(=C(\O)c3ccc4c(c3)OCCO4)C(=O)C(=O)N2CCCN(CC)CC)cc1OC. The van der Waals surface area contributed by atoms with Crippen molar-refractivity contribution in [1.82, 2.24) is 9.80 Å². The highest BCUT2D eigenvalue weighted by Gasteiger charge is 2.46. The quantitative estimate of drug-likeness (QED) is 0.268. The molecular formula is C29H36N2O7. The molecule has 1 amide bonds. The molecule has 2 heterocycles. The number of carbonyl (C=O) groups excluding carboxylic acids is 2. The van der Waals surface area contributed by atoms with E-state index in [9.17, 15) is 14.7 Å². The summed E-state index contributed by atoms with van der Waals surface area (Å²) in [6.45, 7) is 10.3. The van der Waals surface area contributed by atoms with Gasteiger partial charge in [0.15, 0.2) is 23.0 Å². The predicted octanol–water partition coefficient (Wildman–Crippen LogP) is 4.02. The van der Waals surface area contributed by atoms with Gasteiger partial charge in [-0.1, -0.05) is 19.9 Å². The minimum atomic E-state index is -0.788. The molecule has 0 unspecified atom stereocenters. The van der Waals surface area contributed by atoms with Crippen molar-refractivity contribution in [3.05, 3.63) is 53.1 Å². The summed E-state index contributed by atoms with van der Waals surface area (Å²) in [7, 11) is 1.54. The Kier molecular flexibility index (Phi) is 8.78. The molecule has 204 valence electrons. The van der Waals surface area contributed by atoms with Crippen LogP contribution in [0.1, 0.15) is 44.4 Å². The van der Waals surface area contributed by atoms with Gasteiger partial charge in [-0.2, -0.15) is 0 Å². The van der Waals surface area contributed by atoms with Gasteiger partial charge >= 0.3 is 0 Å². The molecule has 9 heteroatoms. The number of Topliss-reactive ketones (excluding diaryl/α,β-unsaturated/α-hetero) is 1. The highest BCUT2D eigenvalue weighted by Crippen LogP contribution is 2.43. The maximum atomic E-state index is 13.4. The molecule has 38 heavy (non-hydrogen) atoms. The van der Waals surface area contributed by atoms with E-state index in [2.05, 4.69) is 18.7 Å². The molecule has 0 bridgehead atoms. The molecule has 2 aliphatic heterocycles. The molecule has 0 radical (unpaired) electrons. The van der Waals surface area contributed by atoms with Gasteiger partial charge in [-0.15, -0.1) is 0 Å². The Hall–Kier alpha value is -3.72. The number of methoxy groups -OCH3 is 1. The van der Waals surface area contributed by atoms with Crippen molar-refractivity contribution in [3.8, 4) is 23.0 Å². The van der Waals surface area contributed by atoms with E-state index in [4.69, 9.17) is 18.9 Å². The number of nitrogens with zero attached hydrogens (tertiary/aromatic N) is 2. The van der Waals surface area contributed by atoms with Gasteiger partial charge in [0, 0.05) is 12.1 Å². The molecule has 0 saturated carbocycles. The molecule has 2 aromatic carbocycles. The van der Waals surface area contributed by atoms with Gasteiger partial charge in [0.05, 0.1) is 25.3 Å². The van der Waals surface area contributed by atoms with Crippen molar-refractivity contribution in [2.24, 2.45) is 0 Å². The highest BCUT2D eigenvalue weighted by molar-refractivity contribution is 6.46. The second kappa shape index (κ2) is 12.2. The van der Waals surface area contributed by atoms with Crippen LogP contribution in [0.15, 0.2) is 42.0 Å². The molecule has 9 nitrogen and oxygen atoms in total. The summed E-state index contributed by atoms with van der Waals surface area (Å²) in [5, 5.41) is 11.4. The summed E-state index contributed by atoms with van der Waals surface area (Å²) >= 11 is 0. The van der Waals surface area contributed by atoms with Crippen molar-refractivity contribution < 1.29 is 33.6 Å². The number of fused-ring (bicyclic) bond motifs is 1. The number of aliphatic hydroxyl groups excluding tert-OH is 1. The fraction of sp³-hybridized carbons (Fsp3) is 0.448. The van der Waals surface area contributed by atoms with Gasteiger partial charge in [-0.3, -0.25) is 9.59 Å². The average Bonchev–Trinajstić information content (AvgIpc) is 3.20. The number of likely N-dealkylation sites (tertiary alicyclic amines) is 1. The largest absolute Gasteiger partial charge is 0.507 e. The number of aliphatic hydroxyl groups is 1. The minimum absolute atomic E-state index is 0.0285. The van der Waals surface area contributed by atoms with Crippen molar-refractivity contribution >= 4 is 17.4 Å². The lowest BCUT2D eigenvalue weighted by Gasteiger charge is -2.27. The fourth-order valence-corrected chi connectivity index (χ4v) is 4.94. The second-order valence-corrected chi connectivity index (χ2v) is 9.07. The molecule has 2 aliphatic rings. The third-order valence-corrected chi connectivity index (χ3v) is 6.93.